The monoisotopic (exact) mass is 462 g/mol. The van der Waals surface area contributed by atoms with Crippen LogP contribution in [0, 0.1) is 12.8 Å². The molecule has 1 aliphatic carbocycles. The fourth-order valence-corrected chi connectivity index (χ4v) is 4.38. The SMILES string of the molecule is Cc1cc(NC(=O)NN(CC2CC2)C(=O)c2ccc(Cl)s2)ccc1N1CCOCC1=O. The minimum absolute atomic E-state index is 0.0716. The number of carbonyl (C=O) groups is 3. The van der Waals surface area contributed by atoms with Crippen LogP contribution < -0.4 is 15.6 Å². The van der Waals surface area contributed by atoms with Gasteiger partial charge in [-0.25, -0.2) is 15.2 Å². The maximum atomic E-state index is 12.8. The topological polar surface area (TPSA) is 91.0 Å². The van der Waals surface area contributed by atoms with E-state index >= 15 is 0 Å². The smallest absolute Gasteiger partial charge is 0.338 e. The number of nitrogens with one attached hydrogen (secondary N) is 2. The molecule has 2 N–H and O–H groups in total. The molecule has 10 heteroatoms. The van der Waals surface area contributed by atoms with E-state index in [1.165, 1.54) is 16.3 Å². The molecule has 2 aliphatic rings. The Morgan fingerprint density at radius 1 is 1.29 bits per heavy atom. The molecule has 0 radical (unpaired) electrons. The number of morpholine rings is 1. The first kappa shape index (κ1) is 21.6. The molecule has 1 saturated heterocycles. The Morgan fingerprint density at radius 3 is 2.74 bits per heavy atom. The minimum Gasteiger partial charge on any atom is -0.370 e. The molecule has 8 nitrogen and oxygen atoms in total. The van der Waals surface area contributed by atoms with Crippen LogP contribution in [0.2, 0.25) is 4.34 Å². The number of ether oxygens (including phenoxy) is 1. The predicted molar refractivity (Wildman–Crippen MR) is 120 cm³/mol. The van der Waals surface area contributed by atoms with E-state index in [1.54, 1.807) is 35.2 Å². The van der Waals surface area contributed by atoms with Crippen LogP contribution in [0.25, 0.3) is 0 Å². The fourth-order valence-electron chi connectivity index (χ4n) is 3.39. The van der Waals surface area contributed by atoms with Crippen molar-refractivity contribution < 1.29 is 19.1 Å². The zero-order chi connectivity index (χ0) is 22.0. The lowest BCUT2D eigenvalue weighted by atomic mass is 10.1. The van der Waals surface area contributed by atoms with Gasteiger partial charge >= 0.3 is 6.03 Å². The van der Waals surface area contributed by atoms with Gasteiger partial charge in [0.1, 0.15) is 6.61 Å². The van der Waals surface area contributed by atoms with Crippen LogP contribution in [0.15, 0.2) is 30.3 Å². The van der Waals surface area contributed by atoms with Gasteiger partial charge in [-0.15, -0.1) is 11.3 Å². The molecule has 0 spiro atoms. The number of carbonyl (C=O) groups excluding carboxylic acids is 3. The normalized spacial score (nSPS) is 16.2. The molecule has 1 saturated carbocycles. The van der Waals surface area contributed by atoms with Crippen molar-refractivity contribution in [2.75, 3.05) is 36.5 Å². The third-order valence-corrected chi connectivity index (χ3v) is 6.35. The average molecular weight is 463 g/mol. The zero-order valence-corrected chi connectivity index (χ0v) is 18.6. The number of nitrogens with zero attached hydrogens (tertiary/aromatic N) is 2. The van der Waals surface area contributed by atoms with Gasteiger partial charge in [-0.3, -0.25) is 9.59 Å². The van der Waals surface area contributed by atoms with E-state index in [0.29, 0.717) is 40.5 Å². The second kappa shape index (κ2) is 9.25. The Kier molecular flexibility index (Phi) is 6.45. The highest BCUT2D eigenvalue weighted by molar-refractivity contribution is 7.17. The molecule has 0 unspecified atom stereocenters. The third kappa shape index (κ3) is 5.36. The van der Waals surface area contributed by atoms with Crippen molar-refractivity contribution in [3.8, 4) is 0 Å². The second-order valence-corrected chi connectivity index (χ2v) is 9.34. The van der Waals surface area contributed by atoms with Crippen LogP contribution in [0.5, 0.6) is 0 Å². The van der Waals surface area contributed by atoms with Crippen LogP contribution in [-0.2, 0) is 9.53 Å². The number of hydrogen-bond donors (Lipinski definition) is 2. The molecule has 4 rings (SSSR count). The van der Waals surface area contributed by atoms with Gasteiger partial charge in [-0.05, 0) is 61.6 Å². The number of urea groups is 1. The predicted octanol–water partition coefficient (Wildman–Crippen LogP) is 3.66. The summed E-state index contributed by atoms with van der Waals surface area (Å²) in [7, 11) is 0. The number of hydrazine groups is 1. The van der Waals surface area contributed by atoms with E-state index < -0.39 is 6.03 Å². The van der Waals surface area contributed by atoms with Crippen LogP contribution in [-0.4, -0.2) is 49.2 Å². The first-order valence-electron chi connectivity index (χ1n) is 10.0. The van der Waals surface area contributed by atoms with Gasteiger partial charge in [0.15, 0.2) is 0 Å². The lowest BCUT2D eigenvalue weighted by molar-refractivity contribution is -0.125. The van der Waals surface area contributed by atoms with Gasteiger partial charge in [0, 0.05) is 24.5 Å². The van der Waals surface area contributed by atoms with E-state index in [2.05, 4.69) is 10.7 Å². The molecule has 2 heterocycles. The highest BCUT2D eigenvalue weighted by Crippen LogP contribution is 2.31. The quantitative estimate of drug-likeness (QED) is 0.663. The molecule has 0 atom stereocenters. The van der Waals surface area contributed by atoms with Gasteiger partial charge in [-0.1, -0.05) is 11.6 Å². The van der Waals surface area contributed by atoms with Crippen LogP contribution in [0.3, 0.4) is 0 Å². The molecule has 1 aromatic heterocycles. The Balaban J connectivity index is 1.42. The highest BCUT2D eigenvalue weighted by Gasteiger charge is 2.29. The summed E-state index contributed by atoms with van der Waals surface area (Å²) in [6.45, 7) is 3.40. The van der Waals surface area contributed by atoms with Crippen LogP contribution in [0.4, 0.5) is 16.2 Å². The molecular weight excluding hydrogens is 440 g/mol. The Morgan fingerprint density at radius 2 is 2.10 bits per heavy atom. The summed E-state index contributed by atoms with van der Waals surface area (Å²) in [5, 5.41) is 4.12. The van der Waals surface area contributed by atoms with Gasteiger partial charge in [-0.2, -0.15) is 0 Å². The lowest BCUT2D eigenvalue weighted by Gasteiger charge is -2.28. The Labute approximate surface area is 189 Å². The van der Waals surface area contributed by atoms with Gasteiger partial charge in [0.25, 0.3) is 11.8 Å². The molecule has 1 aromatic carbocycles. The molecule has 164 valence electrons. The molecule has 0 bridgehead atoms. The summed E-state index contributed by atoms with van der Waals surface area (Å²) < 4.78 is 5.70. The van der Waals surface area contributed by atoms with Crippen molar-refractivity contribution in [1.29, 1.82) is 0 Å². The summed E-state index contributed by atoms with van der Waals surface area (Å²) in [5.74, 6) is 0.0271. The lowest BCUT2D eigenvalue weighted by Crippen LogP contribution is -2.48. The summed E-state index contributed by atoms with van der Waals surface area (Å²) in [4.78, 5) is 39.6. The van der Waals surface area contributed by atoms with Crippen molar-refractivity contribution in [2.45, 2.75) is 19.8 Å². The maximum absolute atomic E-state index is 12.8. The number of amides is 4. The number of thiophene rings is 1. The maximum Gasteiger partial charge on any atom is 0.338 e. The number of benzene rings is 1. The highest BCUT2D eigenvalue weighted by atomic mass is 35.5. The second-order valence-electron chi connectivity index (χ2n) is 7.63. The largest absolute Gasteiger partial charge is 0.370 e. The van der Waals surface area contributed by atoms with Crippen molar-refractivity contribution in [2.24, 2.45) is 5.92 Å². The number of hydrogen-bond acceptors (Lipinski definition) is 5. The number of halogens is 1. The van der Waals surface area contributed by atoms with E-state index in [4.69, 9.17) is 16.3 Å². The molecule has 2 fully saturated rings. The van der Waals surface area contributed by atoms with Gasteiger partial charge in [0.05, 0.1) is 15.8 Å². The first-order chi connectivity index (χ1) is 14.9. The minimum atomic E-state index is -0.508. The van der Waals surface area contributed by atoms with Crippen molar-refractivity contribution >= 4 is 52.2 Å². The third-order valence-electron chi connectivity index (χ3n) is 5.13. The summed E-state index contributed by atoms with van der Waals surface area (Å²) in [6, 6.07) is 8.14. The van der Waals surface area contributed by atoms with Gasteiger partial charge in [0.2, 0.25) is 0 Å². The first-order valence-corrected chi connectivity index (χ1v) is 11.2. The molecule has 1 aliphatic heterocycles. The van der Waals surface area contributed by atoms with E-state index in [1.807, 2.05) is 6.92 Å². The number of rotatable bonds is 5. The Hall–Kier alpha value is -2.62. The van der Waals surface area contributed by atoms with E-state index in [-0.39, 0.29) is 18.4 Å². The van der Waals surface area contributed by atoms with Crippen LogP contribution >= 0.6 is 22.9 Å². The van der Waals surface area contributed by atoms with Crippen molar-refractivity contribution in [3.63, 3.8) is 0 Å². The summed E-state index contributed by atoms with van der Waals surface area (Å²) in [6.07, 6.45) is 2.08. The van der Waals surface area contributed by atoms with Crippen LogP contribution in [0.1, 0.15) is 28.1 Å². The zero-order valence-electron chi connectivity index (χ0n) is 17.0. The fraction of sp³-hybridized carbons (Fsp3) is 0.381. The molecule has 2 aromatic rings. The van der Waals surface area contributed by atoms with Crippen molar-refractivity contribution in [1.82, 2.24) is 10.4 Å². The van der Waals surface area contributed by atoms with E-state index in [9.17, 15) is 14.4 Å². The molecule has 4 amide bonds. The standard InChI is InChI=1S/C21H23ClN4O4S/c1-13-10-15(4-5-16(13)25-8-9-30-12-19(25)27)23-21(29)24-26(11-14-2-3-14)20(28)17-6-7-18(22)31-17/h4-7,10,14H,2-3,8-9,11-12H2,1H3,(H2,23,24,29). The summed E-state index contributed by atoms with van der Waals surface area (Å²) >= 11 is 7.13. The Bertz CT molecular complexity index is 1010. The summed E-state index contributed by atoms with van der Waals surface area (Å²) in [5.41, 5.74) is 4.88. The van der Waals surface area contributed by atoms with E-state index in [0.717, 1.165) is 24.1 Å². The number of anilines is 2. The molecule has 31 heavy (non-hydrogen) atoms. The molecular formula is C21H23ClN4O4S. The van der Waals surface area contributed by atoms with Gasteiger partial charge < -0.3 is 15.0 Å². The number of aryl methyl sites for hydroxylation is 1. The van der Waals surface area contributed by atoms with Crippen molar-refractivity contribution in [3.05, 3.63) is 45.1 Å². The average Bonchev–Trinajstić information content (AvgIpc) is 3.45.